The van der Waals surface area contributed by atoms with Gasteiger partial charge in [0.1, 0.15) is 5.75 Å². The number of esters is 1. The second-order valence-electron chi connectivity index (χ2n) is 6.43. The fourth-order valence-corrected chi connectivity index (χ4v) is 3.49. The van der Waals surface area contributed by atoms with Gasteiger partial charge in [-0.25, -0.2) is 4.79 Å². The predicted octanol–water partition coefficient (Wildman–Crippen LogP) is 3.07. The molecular formula is C21H16N2O8S. The minimum atomic E-state index is -0.610. The van der Waals surface area contributed by atoms with Crippen LogP contribution in [0.4, 0.5) is 10.5 Å². The molecule has 0 saturated carbocycles. The number of non-ortho nitro benzene ring substituents is 1. The maximum atomic E-state index is 12.6. The Bertz CT molecular complexity index is 1110. The quantitative estimate of drug-likeness (QED) is 0.193. The van der Waals surface area contributed by atoms with Crippen LogP contribution in [-0.2, 0) is 14.3 Å². The van der Waals surface area contributed by atoms with E-state index in [-0.39, 0.29) is 22.8 Å². The van der Waals surface area contributed by atoms with Gasteiger partial charge < -0.3 is 9.47 Å². The standard InChI is InChI=1S/C21H16N2O8S/c1-30-19(25)12-31-16-8-2-13(3-9-16)10-18-20(26)22(21(27)32-18)11-17(24)14-4-6-15(7-5-14)23(28)29/h2-10H,11-12H2,1H3/b18-10-. The highest BCUT2D eigenvalue weighted by Gasteiger charge is 2.36. The van der Waals surface area contributed by atoms with Crippen molar-refractivity contribution in [3.8, 4) is 5.75 Å². The molecule has 1 aliphatic heterocycles. The second-order valence-corrected chi connectivity index (χ2v) is 7.42. The van der Waals surface area contributed by atoms with E-state index in [0.29, 0.717) is 23.1 Å². The first-order valence-corrected chi connectivity index (χ1v) is 9.93. The van der Waals surface area contributed by atoms with Crippen molar-refractivity contribution in [2.45, 2.75) is 0 Å². The third kappa shape index (κ3) is 5.38. The summed E-state index contributed by atoms with van der Waals surface area (Å²) >= 11 is 0.706. The molecule has 32 heavy (non-hydrogen) atoms. The number of ether oxygens (including phenoxy) is 2. The normalized spacial score (nSPS) is 14.5. The summed E-state index contributed by atoms with van der Waals surface area (Å²) in [6, 6.07) is 11.4. The van der Waals surface area contributed by atoms with Gasteiger partial charge in [-0.1, -0.05) is 12.1 Å². The van der Waals surface area contributed by atoms with Crippen molar-refractivity contribution in [2.75, 3.05) is 20.3 Å². The number of carbonyl (C=O) groups is 4. The lowest BCUT2D eigenvalue weighted by molar-refractivity contribution is -0.384. The number of methoxy groups -OCH3 is 1. The summed E-state index contributed by atoms with van der Waals surface area (Å²) in [5.41, 5.74) is 0.598. The van der Waals surface area contributed by atoms with E-state index in [1.807, 2.05) is 0 Å². The molecule has 2 amide bonds. The van der Waals surface area contributed by atoms with E-state index >= 15 is 0 Å². The SMILES string of the molecule is COC(=O)COc1ccc(/C=C2\SC(=O)N(CC(=O)c3ccc([N+](=O)[O-])cc3)C2=O)cc1. The van der Waals surface area contributed by atoms with E-state index in [9.17, 15) is 29.3 Å². The average molecular weight is 456 g/mol. The zero-order valence-corrected chi connectivity index (χ0v) is 17.5. The fraction of sp³-hybridized carbons (Fsp3) is 0.143. The number of benzene rings is 2. The second kappa shape index (κ2) is 9.88. The Kier molecular flexibility index (Phi) is 7.00. The van der Waals surface area contributed by atoms with Crippen LogP contribution < -0.4 is 4.74 Å². The number of rotatable bonds is 8. The van der Waals surface area contributed by atoms with Gasteiger partial charge in [0.15, 0.2) is 12.4 Å². The van der Waals surface area contributed by atoms with Crippen LogP contribution in [0.3, 0.4) is 0 Å². The summed E-state index contributed by atoms with van der Waals surface area (Å²) < 4.78 is 9.73. The molecule has 0 atom stereocenters. The number of ketones is 1. The number of nitrogens with zero attached hydrogens (tertiary/aromatic N) is 2. The van der Waals surface area contributed by atoms with Crippen molar-refractivity contribution in [3.63, 3.8) is 0 Å². The zero-order valence-electron chi connectivity index (χ0n) is 16.7. The molecule has 2 aromatic carbocycles. The Morgan fingerprint density at radius 2 is 1.75 bits per heavy atom. The van der Waals surface area contributed by atoms with Crippen molar-refractivity contribution in [3.05, 3.63) is 74.7 Å². The van der Waals surface area contributed by atoms with Crippen LogP contribution in [0.2, 0.25) is 0 Å². The number of nitro benzene ring substituents is 1. The van der Waals surface area contributed by atoms with Crippen LogP contribution >= 0.6 is 11.8 Å². The first-order chi connectivity index (χ1) is 15.3. The molecular weight excluding hydrogens is 440 g/mol. The van der Waals surface area contributed by atoms with E-state index in [1.165, 1.54) is 37.5 Å². The van der Waals surface area contributed by atoms with Crippen LogP contribution in [0.1, 0.15) is 15.9 Å². The molecule has 1 aliphatic rings. The lowest BCUT2D eigenvalue weighted by Gasteiger charge is -2.11. The largest absolute Gasteiger partial charge is 0.482 e. The average Bonchev–Trinajstić information content (AvgIpc) is 3.05. The van der Waals surface area contributed by atoms with Crippen molar-refractivity contribution < 1.29 is 33.6 Å². The Balaban J connectivity index is 1.66. The molecule has 11 heteroatoms. The smallest absolute Gasteiger partial charge is 0.343 e. The number of carbonyl (C=O) groups excluding carboxylic acids is 4. The molecule has 0 N–H and O–H groups in total. The van der Waals surface area contributed by atoms with Gasteiger partial charge in [0.25, 0.3) is 16.8 Å². The maximum Gasteiger partial charge on any atom is 0.343 e. The topological polar surface area (TPSA) is 133 Å². The van der Waals surface area contributed by atoms with Crippen LogP contribution in [0.15, 0.2) is 53.4 Å². The Hall–Kier alpha value is -3.99. The summed E-state index contributed by atoms with van der Waals surface area (Å²) in [6.45, 7) is -0.711. The van der Waals surface area contributed by atoms with Gasteiger partial charge in [-0.2, -0.15) is 0 Å². The summed E-state index contributed by atoms with van der Waals surface area (Å²) in [4.78, 5) is 59.5. The molecule has 10 nitrogen and oxygen atoms in total. The van der Waals surface area contributed by atoms with Gasteiger partial charge in [0.05, 0.1) is 23.5 Å². The summed E-state index contributed by atoms with van der Waals surface area (Å²) in [5, 5.41) is 10.1. The molecule has 0 unspecified atom stereocenters. The minimum Gasteiger partial charge on any atom is -0.482 e. The molecule has 1 heterocycles. The third-order valence-corrected chi connectivity index (χ3v) is 5.25. The maximum absolute atomic E-state index is 12.6. The van der Waals surface area contributed by atoms with Gasteiger partial charge >= 0.3 is 5.97 Å². The Labute approximate surface area is 185 Å². The van der Waals surface area contributed by atoms with Crippen LogP contribution in [0.5, 0.6) is 5.75 Å². The van der Waals surface area contributed by atoms with Gasteiger partial charge in [-0.3, -0.25) is 29.4 Å². The first-order valence-electron chi connectivity index (χ1n) is 9.11. The predicted molar refractivity (Wildman–Crippen MR) is 114 cm³/mol. The monoisotopic (exact) mass is 456 g/mol. The van der Waals surface area contributed by atoms with Gasteiger partial charge in [0.2, 0.25) is 0 Å². The van der Waals surface area contributed by atoms with E-state index in [4.69, 9.17) is 4.74 Å². The fourth-order valence-electron chi connectivity index (χ4n) is 2.65. The number of nitro groups is 1. The molecule has 0 radical (unpaired) electrons. The molecule has 3 rings (SSSR count). The van der Waals surface area contributed by atoms with E-state index < -0.39 is 34.4 Å². The number of hydrogen-bond donors (Lipinski definition) is 0. The molecule has 1 saturated heterocycles. The van der Waals surface area contributed by atoms with Crippen molar-refractivity contribution in [1.82, 2.24) is 4.90 Å². The highest BCUT2D eigenvalue weighted by molar-refractivity contribution is 8.18. The van der Waals surface area contributed by atoms with E-state index in [0.717, 1.165) is 4.90 Å². The molecule has 164 valence electrons. The molecule has 0 spiro atoms. The minimum absolute atomic E-state index is 0.148. The van der Waals surface area contributed by atoms with Crippen molar-refractivity contribution >= 4 is 46.4 Å². The molecule has 0 aromatic heterocycles. The summed E-state index contributed by atoms with van der Waals surface area (Å²) in [6.07, 6.45) is 1.51. The number of amides is 2. The van der Waals surface area contributed by atoms with Crippen LogP contribution in [-0.4, -0.2) is 53.0 Å². The highest BCUT2D eigenvalue weighted by Crippen LogP contribution is 2.32. The van der Waals surface area contributed by atoms with Gasteiger partial charge in [-0.15, -0.1) is 0 Å². The number of imide groups is 1. The van der Waals surface area contributed by atoms with E-state index in [1.54, 1.807) is 24.3 Å². The molecule has 1 fully saturated rings. The van der Waals surface area contributed by atoms with Gasteiger partial charge in [-0.05, 0) is 47.7 Å². The van der Waals surface area contributed by atoms with Crippen LogP contribution in [0, 0.1) is 10.1 Å². The number of hydrogen-bond acceptors (Lipinski definition) is 9. The molecule has 0 bridgehead atoms. The lowest BCUT2D eigenvalue weighted by atomic mass is 10.1. The summed E-state index contributed by atoms with van der Waals surface area (Å²) in [5.74, 6) is -1.22. The summed E-state index contributed by atoms with van der Waals surface area (Å²) in [7, 11) is 1.25. The Morgan fingerprint density at radius 3 is 2.34 bits per heavy atom. The van der Waals surface area contributed by atoms with Crippen LogP contribution in [0.25, 0.3) is 6.08 Å². The first kappa shape index (κ1) is 22.7. The van der Waals surface area contributed by atoms with Gasteiger partial charge in [0, 0.05) is 17.7 Å². The van der Waals surface area contributed by atoms with Crippen molar-refractivity contribution in [1.29, 1.82) is 0 Å². The van der Waals surface area contributed by atoms with Crippen molar-refractivity contribution in [2.24, 2.45) is 0 Å². The van der Waals surface area contributed by atoms with E-state index in [2.05, 4.69) is 4.74 Å². The number of thioether (sulfide) groups is 1. The lowest BCUT2D eigenvalue weighted by Crippen LogP contribution is -2.33. The molecule has 2 aromatic rings. The number of Topliss-reactive ketones (excluding diaryl/α,β-unsaturated/α-hetero) is 1. The molecule has 0 aliphatic carbocycles. The Morgan fingerprint density at radius 1 is 1.09 bits per heavy atom. The third-order valence-electron chi connectivity index (χ3n) is 4.34. The highest BCUT2D eigenvalue weighted by atomic mass is 32.2. The zero-order chi connectivity index (χ0) is 23.3.